The number of benzene rings is 2. The van der Waals surface area contributed by atoms with Crippen LogP contribution in [0.15, 0.2) is 42.5 Å². The number of methoxy groups -OCH3 is 1. The Balaban J connectivity index is 1.77. The van der Waals surface area contributed by atoms with Gasteiger partial charge in [0.25, 0.3) is 0 Å². The molecule has 1 unspecified atom stereocenters. The molecule has 1 N–H and O–H groups in total. The Labute approximate surface area is 137 Å². The quantitative estimate of drug-likeness (QED) is 0.877. The second-order valence-electron chi connectivity index (χ2n) is 6.05. The summed E-state index contributed by atoms with van der Waals surface area (Å²) < 4.78 is 16.3. The molecule has 0 fully saturated rings. The van der Waals surface area contributed by atoms with Gasteiger partial charge in [0.15, 0.2) is 11.5 Å². The highest BCUT2D eigenvalue weighted by atomic mass is 16.7. The zero-order valence-electron chi connectivity index (χ0n) is 13.8. The third-order valence-electron chi connectivity index (χ3n) is 4.07. The molecule has 0 amide bonds. The van der Waals surface area contributed by atoms with Gasteiger partial charge in [0.1, 0.15) is 0 Å². The summed E-state index contributed by atoms with van der Waals surface area (Å²) in [5, 5.41) is 3.64. The minimum Gasteiger partial charge on any atom is -0.493 e. The Hall–Kier alpha value is -2.20. The number of ether oxygens (including phenoxy) is 3. The van der Waals surface area contributed by atoms with Crippen molar-refractivity contribution in [3.63, 3.8) is 0 Å². The highest BCUT2D eigenvalue weighted by Crippen LogP contribution is 2.41. The molecule has 1 atom stereocenters. The normalized spacial score (nSPS) is 14.1. The van der Waals surface area contributed by atoms with Crippen LogP contribution in [0.3, 0.4) is 0 Å². The summed E-state index contributed by atoms with van der Waals surface area (Å²) in [5.41, 5.74) is 2.42. The third-order valence-corrected chi connectivity index (χ3v) is 4.07. The van der Waals surface area contributed by atoms with Crippen LogP contribution in [0, 0.1) is 5.92 Å². The molecule has 1 aliphatic rings. The molecule has 23 heavy (non-hydrogen) atoms. The number of nitrogens with one attached hydrogen (secondary N) is 1. The number of rotatable bonds is 6. The van der Waals surface area contributed by atoms with Gasteiger partial charge in [-0.1, -0.05) is 44.2 Å². The summed E-state index contributed by atoms with van der Waals surface area (Å²) in [6.45, 7) is 5.45. The second-order valence-corrected chi connectivity index (χ2v) is 6.05. The summed E-state index contributed by atoms with van der Waals surface area (Å²) >= 11 is 0. The standard InChI is InChI=1S/C19H23NO3/c1-13(2)18(15-7-5-4-6-8-15)20-11-14-9-16(21-3)19-17(10-14)22-12-23-19/h4-10,13,18,20H,11-12H2,1-3H3. The fourth-order valence-electron chi connectivity index (χ4n) is 2.91. The zero-order valence-corrected chi connectivity index (χ0v) is 13.8. The maximum absolute atomic E-state index is 5.49. The van der Waals surface area contributed by atoms with Gasteiger partial charge >= 0.3 is 0 Å². The smallest absolute Gasteiger partial charge is 0.231 e. The van der Waals surface area contributed by atoms with Crippen molar-refractivity contribution in [3.05, 3.63) is 53.6 Å². The average Bonchev–Trinajstić information content (AvgIpc) is 3.03. The van der Waals surface area contributed by atoms with Crippen LogP contribution in [0.1, 0.15) is 31.0 Å². The van der Waals surface area contributed by atoms with Crippen molar-refractivity contribution in [2.24, 2.45) is 5.92 Å². The molecule has 0 spiro atoms. The van der Waals surface area contributed by atoms with Crippen molar-refractivity contribution in [2.75, 3.05) is 13.9 Å². The molecule has 0 bridgehead atoms. The van der Waals surface area contributed by atoms with Gasteiger partial charge in [-0.15, -0.1) is 0 Å². The molecule has 0 saturated carbocycles. The van der Waals surface area contributed by atoms with Crippen LogP contribution < -0.4 is 19.5 Å². The minimum absolute atomic E-state index is 0.251. The Morgan fingerprint density at radius 2 is 1.91 bits per heavy atom. The van der Waals surface area contributed by atoms with Gasteiger partial charge in [0.05, 0.1) is 7.11 Å². The predicted octanol–water partition coefficient (Wildman–Crippen LogP) is 3.91. The van der Waals surface area contributed by atoms with Gasteiger partial charge in [-0.25, -0.2) is 0 Å². The lowest BCUT2D eigenvalue weighted by Crippen LogP contribution is -2.25. The molecule has 1 aliphatic heterocycles. The largest absolute Gasteiger partial charge is 0.493 e. The van der Waals surface area contributed by atoms with E-state index in [9.17, 15) is 0 Å². The van der Waals surface area contributed by atoms with E-state index >= 15 is 0 Å². The fourth-order valence-corrected chi connectivity index (χ4v) is 2.91. The van der Waals surface area contributed by atoms with Crippen molar-refractivity contribution < 1.29 is 14.2 Å². The van der Waals surface area contributed by atoms with E-state index in [0.29, 0.717) is 17.7 Å². The first kappa shape index (κ1) is 15.7. The van der Waals surface area contributed by atoms with Crippen molar-refractivity contribution in [1.82, 2.24) is 5.32 Å². The third kappa shape index (κ3) is 3.42. The fraction of sp³-hybridized carbons (Fsp3) is 0.368. The monoisotopic (exact) mass is 313 g/mol. The minimum atomic E-state index is 0.251. The predicted molar refractivity (Wildman–Crippen MR) is 90.0 cm³/mol. The van der Waals surface area contributed by atoms with Crippen LogP contribution in [0.5, 0.6) is 17.2 Å². The van der Waals surface area contributed by atoms with E-state index in [1.807, 2.05) is 18.2 Å². The van der Waals surface area contributed by atoms with Gasteiger partial charge in [-0.3, -0.25) is 0 Å². The molecular formula is C19H23NO3. The summed E-state index contributed by atoms with van der Waals surface area (Å²) in [4.78, 5) is 0. The molecule has 2 aromatic rings. The molecule has 4 nitrogen and oxygen atoms in total. The molecule has 0 aromatic heterocycles. The van der Waals surface area contributed by atoms with Crippen molar-refractivity contribution in [2.45, 2.75) is 26.4 Å². The van der Waals surface area contributed by atoms with Crippen molar-refractivity contribution >= 4 is 0 Å². The van der Waals surface area contributed by atoms with Gasteiger partial charge in [-0.2, -0.15) is 0 Å². The summed E-state index contributed by atoms with van der Waals surface area (Å²) in [6, 6.07) is 14.8. The Bertz CT molecular complexity index is 655. The number of fused-ring (bicyclic) bond motifs is 1. The number of hydrogen-bond acceptors (Lipinski definition) is 4. The zero-order chi connectivity index (χ0) is 16.2. The second kappa shape index (κ2) is 6.92. The van der Waals surface area contributed by atoms with Gasteiger partial charge in [-0.05, 0) is 29.2 Å². The first-order valence-corrected chi connectivity index (χ1v) is 7.94. The van der Waals surface area contributed by atoms with Gasteiger partial charge in [0.2, 0.25) is 12.5 Å². The molecule has 3 rings (SSSR count). The molecule has 0 saturated heterocycles. The van der Waals surface area contributed by atoms with Crippen LogP contribution in [0.2, 0.25) is 0 Å². The van der Waals surface area contributed by atoms with E-state index < -0.39 is 0 Å². The number of hydrogen-bond donors (Lipinski definition) is 1. The van der Waals surface area contributed by atoms with E-state index in [1.165, 1.54) is 5.56 Å². The molecule has 1 heterocycles. The van der Waals surface area contributed by atoms with Crippen LogP contribution in [-0.4, -0.2) is 13.9 Å². The van der Waals surface area contributed by atoms with E-state index in [-0.39, 0.29) is 6.79 Å². The van der Waals surface area contributed by atoms with Crippen molar-refractivity contribution in [3.8, 4) is 17.2 Å². The van der Waals surface area contributed by atoms with Gasteiger partial charge < -0.3 is 19.5 Å². The van der Waals surface area contributed by atoms with E-state index in [2.05, 4.69) is 43.4 Å². The summed E-state index contributed by atoms with van der Waals surface area (Å²) in [5.74, 6) is 2.66. The first-order chi connectivity index (χ1) is 11.2. The first-order valence-electron chi connectivity index (χ1n) is 7.94. The van der Waals surface area contributed by atoms with Crippen LogP contribution >= 0.6 is 0 Å². The van der Waals surface area contributed by atoms with Crippen LogP contribution in [-0.2, 0) is 6.54 Å². The molecule has 0 radical (unpaired) electrons. The SMILES string of the molecule is COc1cc(CNC(c2ccccc2)C(C)C)cc2c1OCO2. The lowest BCUT2D eigenvalue weighted by molar-refractivity contribution is 0.171. The van der Waals surface area contributed by atoms with E-state index in [0.717, 1.165) is 23.6 Å². The topological polar surface area (TPSA) is 39.7 Å². The van der Waals surface area contributed by atoms with Crippen LogP contribution in [0.25, 0.3) is 0 Å². The van der Waals surface area contributed by atoms with Gasteiger partial charge in [0, 0.05) is 12.6 Å². The molecule has 122 valence electrons. The van der Waals surface area contributed by atoms with Crippen LogP contribution in [0.4, 0.5) is 0 Å². The van der Waals surface area contributed by atoms with Crippen molar-refractivity contribution in [1.29, 1.82) is 0 Å². The lowest BCUT2D eigenvalue weighted by atomic mass is 9.96. The highest BCUT2D eigenvalue weighted by molar-refractivity contribution is 5.55. The van der Waals surface area contributed by atoms with E-state index in [1.54, 1.807) is 7.11 Å². The molecular weight excluding hydrogens is 290 g/mol. The Kier molecular flexibility index (Phi) is 4.72. The summed E-state index contributed by atoms with van der Waals surface area (Å²) in [7, 11) is 1.65. The average molecular weight is 313 g/mol. The lowest BCUT2D eigenvalue weighted by Gasteiger charge is -2.23. The maximum Gasteiger partial charge on any atom is 0.231 e. The molecule has 4 heteroatoms. The summed E-state index contributed by atoms with van der Waals surface area (Å²) in [6.07, 6.45) is 0. The van der Waals surface area contributed by atoms with E-state index in [4.69, 9.17) is 14.2 Å². The molecule has 0 aliphatic carbocycles. The molecule has 2 aromatic carbocycles. The Morgan fingerprint density at radius 3 is 2.61 bits per heavy atom. The maximum atomic E-state index is 5.49. The Morgan fingerprint density at radius 1 is 1.13 bits per heavy atom. The highest BCUT2D eigenvalue weighted by Gasteiger charge is 2.21.